The van der Waals surface area contributed by atoms with Gasteiger partial charge in [0.15, 0.2) is 0 Å². The summed E-state index contributed by atoms with van der Waals surface area (Å²) in [4.78, 5) is 25.5. The summed E-state index contributed by atoms with van der Waals surface area (Å²) in [7, 11) is 0. The average molecular weight is 271 g/mol. The zero-order valence-corrected chi connectivity index (χ0v) is 11.3. The topological polar surface area (TPSA) is 53.0 Å². The van der Waals surface area contributed by atoms with Gasteiger partial charge in [0, 0.05) is 26.0 Å². The number of hydrogen-bond donors (Lipinski definition) is 0. The van der Waals surface area contributed by atoms with Gasteiger partial charge in [-0.3, -0.25) is 19.5 Å². The van der Waals surface area contributed by atoms with Crippen molar-refractivity contribution in [3.8, 4) is 0 Å². The van der Waals surface area contributed by atoms with Crippen LogP contribution in [0.25, 0.3) is 0 Å². The normalized spacial score (nSPS) is 13.3. The van der Waals surface area contributed by atoms with Crippen LogP contribution in [0.3, 0.4) is 0 Å². The van der Waals surface area contributed by atoms with Gasteiger partial charge in [0.05, 0.1) is 11.1 Å². The first-order valence-corrected chi connectivity index (χ1v) is 6.50. The zero-order chi connectivity index (χ0) is 14.5. The fourth-order valence-corrected chi connectivity index (χ4v) is 2.21. The lowest BCUT2D eigenvalue weighted by atomic mass is 10.1. The minimum absolute atomic E-state index is 0.201. The molecule has 0 aliphatic carbocycles. The first kappa shape index (κ1) is 14.0. The van der Waals surface area contributed by atoms with Crippen LogP contribution < -0.4 is 0 Å². The molecule has 0 saturated heterocycles. The third-order valence-corrected chi connectivity index (χ3v) is 3.29. The van der Waals surface area contributed by atoms with E-state index in [-0.39, 0.29) is 11.8 Å². The summed E-state index contributed by atoms with van der Waals surface area (Å²) in [6.07, 6.45) is 3.12. The predicted molar refractivity (Wildman–Crippen MR) is 77.5 cm³/mol. The van der Waals surface area contributed by atoms with Crippen LogP contribution in [0.1, 0.15) is 33.6 Å². The summed E-state index contributed by atoms with van der Waals surface area (Å²) in [5.74, 6) is -0.402. The minimum atomic E-state index is -0.201. The van der Waals surface area contributed by atoms with E-state index in [0.29, 0.717) is 24.2 Å². The highest BCUT2D eigenvalue weighted by Gasteiger charge is 2.34. The highest BCUT2D eigenvalue weighted by atomic mass is 16.2. The maximum atomic E-state index is 12.1. The molecular weight excluding hydrogens is 254 g/mol. The second-order valence-electron chi connectivity index (χ2n) is 4.50. The molecule has 0 unspecified atom stereocenters. The van der Waals surface area contributed by atoms with Gasteiger partial charge in [-0.25, -0.2) is 0 Å². The van der Waals surface area contributed by atoms with Crippen LogP contribution in [0.15, 0.2) is 42.1 Å². The van der Waals surface area contributed by atoms with E-state index in [1.807, 2.05) is 0 Å². The third kappa shape index (κ3) is 2.61. The van der Waals surface area contributed by atoms with E-state index in [4.69, 9.17) is 0 Å². The van der Waals surface area contributed by atoms with E-state index in [1.165, 1.54) is 4.90 Å². The molecule has 1 aliphatic heterocycles. The summed E-state index contributed by atoms with van der Waals surface area (Å²) >= 11 is 0. The van der Waals surface area contributed by atoms with Crippen molar-refractivity contribution in [1.29, 1.82) is 0 Å². The molecule has 20 heavy (non-hydrogen) atoms. The summed E-state index contributed by atoms with van der Waals surface area (Å²) in [5, 5.41) is 5.38. The number of carbonyl (C=O) groups excluding carboxylic acids is 2. The molecule has 0 radical (unpaired) electrons. The molecule has 2 rings (SSSR count). The minimum Gasteiger partial charge on any atom is -0.274 e. The Morgan fingerprint density at radius 1 is 1.15 bits per heavy atom. The van der Waals surface area contributed by atoms with Crippen LogP contribution in [-0.2, 0) is 0 Å². The molecule has 1 heterocycles. The fraction of sp³-hybridized carbons (Fsp3) is 0.267. The van der Waals surface area contributed by atoms with Crippen molar-refractivity contribution in [1.82, 2.24) is 9.91 Å². The fourth-order valence-electron chi connectivity index (χ4n) is 2.21. The van der Waals surface area contributed by atoms with E-state index < -0.39 is 0 Å². The molecule has 0 spiro atoms. The molecule has 0 bridgehead atoms. The predicted octanol–water partition coefficient (Wildman–Crippen LogP) is 2.12. The van der Waals surface area contributed by atoms with Crippen LogP contribution in [0.5, 0.6) is 0 Å². The van der Waals surface area contributed by atoms with Crippen molar-refractivity contribution in [2.75, 3.05) is 13.1 Å². The molecule has 5 heteroatoms. The monoisotopic (exact) mass is 271 g/mol. The van der Waals surface area contributed by atoms with E-state index in [1.54, 1.807) is 35.5 Å². The number of unbranched alkanes of at least 4 members (excludes halogenated alkanes) is 1. The Morgan fingerprint density at radius 2 is 1.75 bits per heavy atom. The van der Waals surface area contributed by atoms with Gasteiger partial charge in [0.25, 0.3) is 11.8 Å². The van der Waals surface area contributed by atoms with Gasteiger partial charge in [-0.15, -0.1) is 0 Å². The Balaban J connectivity index is 1.90. The number of carbonyl (C=O) groups is 2. The SMILES string of the molecule is C=CN(CCCCN1C(=O)c2ccccc2C1=O)N=C. The lowest BCUT2D eigenvalue weighted by Crippen LogP contribution is -2.31. The number of hydrazone groups is 1. The molecule has 104 valence electrons. The van der Waals surface area contributed by atoms with Gasteiger partial charge in [-0.1, -0.05) is 18.7 Å². The summed E-state index contributed by atoms with van der Waals surface area (Å²) in [5.41, 5.74) is 0.996. The van der Waals surface area contributed by atoms with Crippen LogP contribution in [-0.4, -0.2) is 41.5 Å². The van der Waals surface area contributed by atoms with E-state index >= 15 is 0 Å². The Hall–Kier alpha value is -2.43. The average Bonchev–Trinajstić information content (AvgIpc) is 2.72. The second kappa shape index (κ2) is 6.14. The van der Waals surface area contributed by atoms with E-state index in [0.717, 1.165) is 12.8 Å². The second-order valence-corrected chi connectivity index (χ2v) is 4.50. The number of amides is 2. The number of benzene rings is 1. The lowest BCUT2D eigenvalue weighted by Gasteiger charge is -2.15. The molecule has 5 nitrogen and oxygen atoms in total. The largest absolute Gasteiger partial charge is 0.274 e. The molecule has 2 amide bonds. The van der Waals surface area contributed by atoms with E-state index in [2.05, 4.69) is 18.4 Å². The Labute approximate surface area is 118 Å². The van der Waals surface area contributed by atoms with Crippen molar-refractivity contribution in [3.05, 3.63) is 48.2 Å². The standard InChI is InChI=1S/C15H17N3O2/c1-3-17(16-2)10-6-7-11-18-14(19)12-8-4-5-9-13(12)15(18)20/h3-5,8-9H,1-2,6-7,10-11H2. The highest BCUT2D eigenvalue weighted by Crippen LogP contribution is 2.22. The number of hydrogen-bond acceptors (Lipinski definition) is 4. The molecule has 1 aromatic carbocycles. The summed E-state index contributed by atoms with van der Waals surface area (Å²) < 4.78 is 0. The van der Waals surface area contributed by atoms with Crippen molar-refractivity contribution in [2.24, 2.45) is 5.10 Å². The lowest BCUT2D eigenvalue weighted by molar-refractivity contribution is 0.0651. The van der Waals surface area contributed by atoms with Gasteiger partial charge >= 0.3 is 0 Å². The Morgan fingerprint density at radius 3 is 2.25 bits per heavy atom. The molecule has 0 atom stereocenters. The van der Waals surface area contributed by atoms with Crippen molar-refractivity contribution < 1.29 is 9.59 Å². The van der Waals surface area contributed by atoms with Gasteiger partial charge in [0.2, 0.25) is 0 Å². The Kier molecular flexibility index (Phi) is 4.30. The van der Waals surface area contributed by atoms with Crippen molar-refractivity contribution in [2.45, 2.75) is 12.8 Å². The molecule has 0 aromatic heterocycles. The summed E-state index contributed by atoms with van der Waals surface area (Å²) in [6.45, 7) is 8.14. The van der Waals surface area contributed by atoms with Crippen molar-refractivity contribution in [3.63, 3.8) is 0 Å². The Bertz CT molecular complexity index is 511. The molecule has 1 aliphatic rings. The first-order valence-electron chi connectivity index (χ1n) is 6.50. The van der Waals surface area contributed by atoms with Crippen LogP contribution in [0, 0.1) is 0 Å². The van der Waals surface area contributed by atoms with Crippen LogP contribution >= 0.6 is 0 Å². The number of imide groups is 1. The number of rotatable bonds is 7. The van der Waals surface area contributed by atoms with Gasteiger partial charge in [-0.2, -0.15) is 5.10 Å². The quantitative estimate of drug-likeness (QED) is 0.330. The molecule has 0 N–H and O–H groups in total. The van der Waals surface area contributed by atoms with Gasteiger partial charge in [-0.05, 0) is 25.0 Å². The zero-order valence-electron chi connectivity index (χ0n) is 11.3. The number of fused-ring (bicyclic) bond motifs is 1. The smallest absolute Gasteiger partial charge is 0.261 e. The third-order valence-electron chi connectivity index (χ3n) is 3.29. The molecule has 0 saturated carbocycles. The van der Waals surface area contributed by atoms with Gasteiger partial charge < -0.3 is 0 Å². The maximum Gasteiger partial charge on any atom is 0.261 e. The van der Waals surface area contributed by atoms with Crippen LogP contribution in [0.4, 0.5) is 0 Å². The molecular formula is C15H17N3O2. The highest BCUT2D eigenvalue weighted by molar-refractivity contribution is 6.21. The van der Waals surface area contributed by atoms with E-state index in [9.17, 15) is 9.59 Å². The number of nitrogens with zero attached hydrogens (tertiary/aromatic N) is 3. The molecule has 1 aromatic rings. The van der Waals surface area contributed by atoms with Crippen LogP contribution in [0.2, 0.25) is 0 Å². The first-order chi connectivity index (χ1) is 9.69. The molecule has 0 fully saturated rings. The maximum absolute atomic E-state index is 12.1. The van der Waals surface area contributed by atoms with Gasteiger partial charge in [0.1, 0.15) is 0 Å². The summed E-state index contributed by atoms with van der Waals surface area (Å²) in [6, 6.07) is 6.92. The van der Waals surface area contributed by atoms with Crippen molar-refractivity contribution >= 4 is 18.5 Å².